The van der Waals surface area contributed by atoms with Crippen LogP contribution in [0.25, 0.3) is 0 Å². The molecule has 0 bridgehead atoms. The lowest BCUT2D eigenvalue weighted by Gasteiger charge is -2.16. The summed E-state index contributed by atoms with van der Waals surface area (Å²) in [6, 6.07) is 5.81. The number of para-hydroxylation sites is 1. The van der Waals surface area contributed by atoms with Gasteiger partial charge in [0, 0.05) is 5.56 Å². The summed E-state index contributed by atoms with van der Waals surface area (Å²) in [6.45, 7) is 7.49. The highest BCUT2D eigenvalue weighted by Crippen LogP contribution is 2.32. The summed E-state index contributed by atoms with van der Waals surface area (Å²) in [5.41, 5.74) is 0.980. The maximum absolute atomic E-state index is 5.88. The van der Waals surface area contributed by atoms with Gasteiger partial charge < -0.3 is 9.47 Å². The molecule has 90 valence electrons. The fourth-order valence-corrected chi connectivity index (χ4v) is 1.56. The van der Waals surface area contributed by atoms with E-state index in [0.717, 1.165) is 17.1 Å². The third-order valence-electron chi connectivity index (χ3n) is 2.07. The highest BCUT2D eigenvalue weighted by Gasteiger charge is 2.10. The minimum atomic E-state index is 0.439. The molecule has 1 rings (SSSR count). The van der Waals surface area contributed by atoms with E-state index in [2.05, 4.69) is 13.8 Å². The van der Waals surface area contributed by atoms with Gasteiger partial charge in [0.2, 0.25) is 0 Å². The van der Waals surface area contributed by atoms with Gasteiger partial charge in [0.1, 0.15) is 0 Å². The first-order valence-corrected chi connectivity index (χ1v) is 6.16. The standard InChI is InChI=1S/C13H19ClO2/c1-4-15-12-7-5-6-11(8-14)13(12)16-9-10(2)3/h5-7,10H,4,8-9H2,1-3H3. The number of halogens is 1. The van der Waals surface area contributed by atoms with Gasteiger partial charge in [-0.3, -0.25) is 0 Å². The molecule has 0 radical (unpaired) electrons. The largest absolute Gasteiger partial charge is 0.490 e. The van der Waals surface area contributed by atoms with E-state index in [-0.39, 0.29) is 0 Å². The van der Waals surface area contributed by atoms with Gasteiger partial charge in [-0.05, 0) is 18.9 Å². The molecule has 0 aliphatic carbocycles. The van der Waals surface area contributed by atoms with Gasteiger partial charge in [-0.1, -0.05) is 26.0 Å². The van der Waals surface area contributed by atoms with Gasteiger partial charge in [-0.2, -0.15) is 0 Å². The van der Waals surface area contributed by atoms with Crippen molar-refractivity contribution in [3.8, 4) is 11.5 Å². The van der Waals surface area contributed by atoms with E-state index in [1.165, 1.54) is 0 Å². The van der Waals surface area contributed by atoms with Crippen molar-refractivity contribution in [3.63, 3.8) is 0 Å². The second-order valence-corrected chi connectivity index (χ2v) is 4.28. The van der Waals surface area contributed by atoms with Crippen LogP contribution in [-0.4, -0.2) is 13.2 Å². The maximum Gasteiger partial charge on any atom is 0.165 e. The van der Waals surface area contributed by atoms with Crippen molar-refractivity contribution in [3.05, 3.63) is 23.8 Å². The summed E-state index contributed by atoms with van der Waals surface area (Å²) in [4.78, 5) is 0. The Hall–Kier alpha value is -0.890. The van der Waals surface area contributed by atoms with E-state index < -0.39 is 0 Å². The predicted molar refractivity (Wildman–Crippen MR) is 67.5 cm³/mol. The van der Waals surface area contributed by atoms with Gasteiger partial charge in [-0.25, -0.2) is 0 Å². The molecule has 0 atom stereocenters. The van der Waals surface area contributed by atoms with Crippen LogP contribution in [0.2, 0.25) is 0 Å². The van der Waals surface area contributed by atoms with Crippen molar-refractivity contribution in [2.24, 2.45) is 5.92 Å². The predicted octanol–water partition coefficient (Wildman–Crippen LogP) is 3.86. The van der Waals surface area contributed by atoms with Crippen molar-refractivity contribution in [2.45, 2.75) is 26.7 Å². The number of hydrogen-bond acceptors (Lipinski definition) is 2. The maximum atomic E-state index is 5.88. The highest BCUT2D eigenvalue weighted by atomic mass is 35.5. The van der Waals surface area contributed by atoms with Crippen molar-refractivity contribution < 1.29 is 9.47 Å². The number of alkyl halides is 1. The minimum Gasteiger partial charge on any atom is -0.490 e. The minimum absolute atomic E-state index is 0.439. The van der Waals surface area contributed by atoms with Crippen LogP contribution in [0.3, 0.4) is 0 Å². The van der Waals surface area contributed by atoms with Gasteiger partial charge in [0.05, 0.1) is 19.1 Å². The molecule has 0 fully saturated rings. The molecule has 0 spiro atoms. The lowest BCUT2D eigenvalue weighted by molar-refractivity contribution is 0.246. The van der Waals surface area contributed by atoms with E-state index in [1.54, 1.807) is 0 Å². The van der Waals surface area contributed by atoms with Crippen LogP contribution < -0.4 is 9.47 Å². The first kappa shape index (κ1) is 13.2. The lowest BCUT2D eigenvalue weighted by atomic mass is 10.2. The molecule has 0 N–H and O–H groups in total. The third kappa shape index (κ3) is 3.60. The molecule has 1 aromatic carbocycles. The Kier molecular flexibility index (Phi) is 5.47. The summed E-state index contributed by atoms with van der Waals surface area (Å²) in [5.74, 6) is 2.49. The van der Waals surface area contributed by atoms with Crippen molar-refractivity contribution in [2.75, 3.05) is 13.2 Å². The van der Waals surface area contributed by atoms with Crippen LogP contribution >= 0.6 is 11.6 Å². The zero-order valence-electron chi connectivity index (χ0n) is 10.1. The number of rotatable bonds is 6. The molecule has 0 aromatic heterocycles. The van der Waals surface area contributed by atoms with E-state index >= 15 is 0 Å². The summed E-state index contributed by atoms with van der Waals surface area (Å²) in [6.07, 6.45) is 0. The first-order chi connectivity index (χ1) is 7.69. The molecule has 0 aliphatic heterocycles. The van der Waals surface area contributed by atoms with E-state index in [1.807, 2.05) is 25.1 Å². The molecule has 0 amide bonds. The SMILES string of the molecule is CCOc1cccc(CCl)c1OCC(C)C. The second kappa shape index (κ2) is 6.64. The molecular weight excluding hydrogens is 224 g/mol. The third-order valence-corrected chi connectivity index (χ3v) is 2.35. The zero-order valence-corrected chi connectivity index (χ0v) is 10.9. The van der Waals surface area contributed by atoms with E-state index in [9.17, 15) is 0 Å². The topological polar surface area (TPSA) is 18.5 Å². The van der Waals surface area contributed by atoms with Crippen molar-refractivity contribution in [1.29, 1.82) is 0 Å². The monoisotopic (exact) mass is 242 g/mol. The van der Waals surface area contributed by atoms with Gasteiger partial charge in [0.15, 0.2) is 11.5 Å². The molecule has 0 unspecified atom stereocenters. The van der Waals surface area contributed by atoms with Crippen LogP contribution in [0.15, 0.2) is 18.2 Å². The molecule has 0 heterocycles. The van der Waals surface area contributed by atoms with Crippen LogP contribution in [0, 0.1) is 5.92 Å². The Labute approximate surface area is 103 Å². The highest BCUT2D eigenvalue weighted by molar-refractivity contribution is 6.17. The van der Waals surface area contributed by atoms with Crippen LogP contribution in [0.4, 0.5) is 0 Å². The lowest BCUT2D eigenvalue weighted by Crippen LogP contribution is -2.07. The van der Waals surface area contributed by atoms with Crippen LogP contribution in [-0.2, 0) is 5.88 Å². The molecule has 0 aliphatic rings. The van der Waals surface area contributed by atoms with Gasteiger partial charge in [0.25, 0.3) is 0 Å². The summed E-state index contributed by atoms with van der Waals surface area (Å²) < 4.78 is 11.3. The van der Waals surface area contributed by atoms with Gasteiger partial charge in [-0.15, -0.1) is 11.6 Å². The number of hydrogen-bond donors (Lipinski definition) is 0. The quantitative estimate of drug-likeness (QED) is 0.706. The van der Waals surface area contributed by atoms with Crippen LogP contribution in [0.1, 0.15) is 26.3 Å². The molecule has 0 saturated heterocycles. The summed E-state index contributed by atoms with van der Waals surface area (Å²) >= 11 is 5.88. The molecule has 2 nitrogen and oxygen atoms in total. The van der Waals surface area contributed by atoms with Crippen LogP contribution in [0.5, 0.6) is 11.5 Å². The Balaban J connectivity index is 2.90. The molecular formula is C13H19ClO2. The summed E-state index contributed by atoms with van der Waals surface area (Å²) in [5, 5.41) is 0. The second-order valence-electron chi connectivity index (χ2n) is 4.02. The Bertz CT molecular complexity index is 324. The molecule has 1 aromatic rings. The zero-order chi connectivity index (χ0) is 12.0. The fourth-order valence-electron chi connectivity index (χ4n) is 1.35. The molecule has 16 heavy (non-hydrogen) atoms. The Morgan fingerprint density at radius 1 is 1.25 bits per heavy atom. The Morgan fingerprint density at radius 3 is 2.56 bits per heavy atom. The molecule has 3 heteroatoms. The van der Waals surface area contributed by atoms with E-state index in [4.69, 9.17) is 21.1 Å². The van der Waals surface area contributed by atoms with E-state index in [0.29, 0.717) is 25.0 Å². The summed E-state index contributed by atoms with van der Waals surface area (Å²) in [7, 11) is 0. The van der Waals surface area contributed by atoms with Crippen molar-refractivity contribution >= 4 is 11.6 Å². The number of benzene rings is 1. The van der Waals surface area contributed by atoms with Gasteiger partial charge >= 0.3 is 0 Å². The average molecular weight is 243 g/mol. The number of ether oxygens (including phenoxy) is 2. The van der Waals surface area contributed by atoms with Crippen molar-refractivity contribution in [1.82, 2.24) is 0 Å². The smallest absolute Gasteiger partial charge is 0.165 e. The molecule has 0 saturated carbocycles. The Morgan fingerprint density at radius 2 is 2.00 bits per heavy atom. The normalized spacial score (nSPS) is 10.6. The first-order valence-electron chi connectivity index (χ1n) is 5.62. The average Bonchev–Trinajstić information content (AvgIpc) is 2.27. The fraction of sp³-hybridized carbons (Fsp3) is 0.538.